The second-order valence-corrected chi connectivity index (χ2v) is 6.25. The zero-order chi connectivity index (χ0) is 17.6. The highest BCUT2D eigenvalue weighted by Gasteiger charge is 2.14. The standard InChI is InChI=1S/C20H24N4O/c1-15-10-11-18-17(14-15)22-20(24(18)13-7-3-6-12-21)23-19(25)16-8-4-2-5-9-16/h2,4-5,8-11,14H,3,6-7,12-13,21H2,1H3,(H,22,23,25). The predicted octanol–water partition coefficient (Wildman–Crippen LogP) is 3.73. The molecule has 0 saturated carbocycles. The first-order valence-electron chi connectivity index (χ1n) is 8.72. The molecule has 0 bridgehead atoms. The quantitative estimate of drug-likeness (QED) is 0.646. The van der Waals surface area contributed by atoms with Crippen LogP contribution in [0, 0.1) is 6.92 Å². The first-order chi connectivity index (χ1) is 12.2. The molecule has 0 fully saturated rings. The molecule has 5 heteroatoms. The Morgan fingerprint density at radius 3 is 2.68 bits per heavy atom. The number of anilines is 1. The van der Waals surface area contributed by atoms with Gasteiger partial charge in [0, 0.05) is 12.1 Å². The van der Waals surface area contributed by atoms with Crippen molar-refractivity contribution >= 4 is 22.9 Å². The summed E-state index contributed by atoms with van der Waals surface area (Å²) in [6.07, 6.45) is 3.08. The molecular weight excluding hydrogens is 312 g/mol. The third-order valence-corrected chi connectivity index (χ3v) is 4.25. The van der Waals surface area contributed by atoms with Crippen LogP contribution in [0.2, 0.25) is 0 Å². The van der Waals surface area contributed by atoms with Crippen LogP contribution in [0.15, 0.2) is 48.5 Å². The third-order valence-electron chi connectivity index (χ3n) is 4.25. The van der Waals surface area contributed by atoms with Crippen molar-refractivity contribution in [3.63, 3.8) is 0 Å². The Hall–Kier alpha value is -2.66. The number of amides is 1. The summed E-state index contributed by atoms with van der Waals surface area (Å²) >= 11 is 0. The van der Waals surface area contributed by atoms with E-state index in [0.717, 1.165) is 42.4 Å². The van der Waals surface area contributed by atoms with E-state index < -0.39 is 0 Å². The molecule has 0 aliphatic carbocycles. The Balaban J connectivity index is 1.88. The second kappa shape index (κ2) is 7.94. The van der Waals surface area contributed by atoms with Gasteiger partial charge in [-0.15, -0.1) is 0 Å². The Morgan fingerprint density at radius 2 is 1.92 bits per heavy atom. The van der Waals surface area contributed by atoms with Crippen LogP contribution in [0.1, 0.15) is 35.2 Å². The van der Waals surface area contributed by atoms with Crippen molar-refractivity contribution in [2.75, 3.05) is 11.9 Å². The highest BCUT2D eigenvalue weighted by atomic mass is 16.1. The van der Waals surface area contributed by atoms with E-state index in [1.165, 1.54) is 0 Å². The predicted molar refractivity (Wildman–Crippen MR) is 102 cm³/mol. The van der Waals surface area contributed by atoms with Crippen LogP contribution in [0.3, 0.4) is 0 Å². The van der Waals surface area contributed by atoms with Gasteiger partial charge in [0.1, 0.15) is 0 Å². The number of carbonyl (C=O) groups excluding carboxylic acids is 1. The molecule has 0 unspecified atom stereocenters. The molecule has 0 radical (unpaired) electrons. The van der Waals surface area contributed by atoms with Crippen LogP contribution < -0.4 is 11.1 Å². The minimum atomic E-state index is -0.143. The molecule has 0 aliphatic rings. The van der Waals surface area contributed by atoms with Crippen molar-refractivity contribution in [3.05, 3.63) is 59.7 Å². The first-order valence-corrected chi connectivity index (χ1v) is 8.72. The Labute approximate surface area is 147 Å². The summed E-state index contributed by atoms with van der Waals surface area (Å²) in [5, 5.41) is 2.96. The number of hydrogen-bond donors (Lipinski definition) is 2. The lowest BCUT2D eigenvalue weighted by molar-refractivity contribution is 0.102. The number of aryl methyl sites for hydroxylation is 2. The fourth-order valence-corrected chi connectivity index (χ4v) is 2.92. The van der Waals surface area contributed by atoms with Gasteiger partial charge < -0.3 is 10.3 Å². The molecule has 130 valence electrons. The van der Waals surface area contributed by atoms with Crippen molar-refractivity contribution < 1.29 is 4.79 Å². The van der Waals surface area contributed by atoms with E-state index in [1.54, 1.807) is 12.1 Å². The second-order valence-electron chi connectivity index (χ2n) is 6.25. The van der Waals surface area contributed by atoms with E-state index in [4.69, 9.17) is 5.73 Å². The van der Waals surface area contributed by atoms with Gasteiger partial charge in [0.05, 0.1) is 11.0 Å². The van der Waals surface area contributed by atoms with E-state index in [9.17, 15) is 4.79 Å². The molecule has 3 aromatic rings. The number of aromatic nitrogens is 2. The summed E-state index contributed by atoms with van der Waals surface area (Å²) in [5.74, 6) is 0.457. The van der Waals surface area contributed by atoms with Gasteiger partial charge in [0.15, 0.2) is 0 Å². The Kier molecular flexibility index (Phi) is 5.46. The third kappa shape index (κ3) is 4.06. The molecule has 3 rings (SSSR count). The number of carbonyl (C=O) groups is 1. The van der Waals surface area contributed by atoms with E-state index in [2.05, 4.69) is 27.0 Å². The van der Waals surface area contributed by atoms with Crippen molar-refractivity contribution in [1.82, 2.24) is 9.55 Å². The number of unbranched alkanes of at least 4 members (excludes halogenated alkanes) is 2. The average Bonchev–Trinajstić information content (AvgIpc) is 2.95. The van der Waals surface area contributed by atoms with Crippen molar-refractivity contribution in [1.29, 1.82) is 0 Å². The lowest BCUT2D eigenvalue weighted by atomic mass is 10.2. The normalized spacial score (nSPS) is 11.0. The molecule has 5 nitrogen and oxygen atoms in total. The van der Waals surface area contributed by atoms with E-state index >= 15 is 0 Å². The van der Waals surface area contributed by atoms with Gasteiger partial charge in [0.25, 0.3) is 5.91 Å². The number of nitrogens with one attached hydrogen (secondary N) is 1. The highest BCUT2D eigenvalue weighted by molar-refractivity contribution is 6.04. The first kappa shape index (κ1) is 17.2. The Morgan fingerprint density at radius 1 is 1.12 bits per heavy atom. The van der Waals surface area contributed by atoms with Gasteiger partial charge in [-0.3, -0.25) is 10.1 Å². The van der Waals surface area contributed by atoms with E-state index in [-0.39, 0.29) is 5.91 Å². The minimum Gasteiger partial charge on any atom is -0.330 e. The molecule has 0 aliphatic heterocycles. The van der Waals surface area contributed by atoms with Crippen LogP contribution in [-0.2, 0) is 6.54 Å². The fraction of sp³-hybridized carbons (Fsp3) is 0.300. The molecule has 25 heavy (non-hydrogen) atoms. The number of hydrogen-bond acceptors (Lipinski definition) is 3. The molecule has 0 atom stereocenters. The zero-order valence-corrected chi connectivity index (χ0v) is 14.5. The molecular formula is C20H24N4O. The van der Waals surface area contributed by atoms with Crippen molar-refractivity contribution in [2.45, 2.75) is 32.7 Å². The number of imidazole rings is 1. The Bertz CT molecular complexity index is 855. The largest absolute Gasteiger partial charge is 0.330 e. The summed E-state index contributed by atoms with van der Waals surface area (Å²) < 4.78 is 2.09. The summed E-state index contributed by atoms with van der Waals surface area (Å²) in [4.78, 5) is 17.1. The van der Waals surface area contributed by atoms with Crippen molar-refractivity contribution in [2.24, 2.45) is 5.73 Å². The van der Waals surface area contributed by atoms with Gasteiger partial charge in [-0.2, -0.15) is 0 Å². The number of nitrogens with two attached hydrogens (primary N) is 1. The minimum absolute atomic E-state index is 0.143. The van der Waals surface area contributed by atoms with Gasteiger partial charge in [-0.25, -0.2) is 4.98 Å². The molecule has 0 spiro atoms. The number of nitrogens with zero attached hydrogens (tertiary/aromatic N) is 2. The van der Waals surface area contributed by atoms with E-state index in [1.807, 2.05) is 31.2 Å². The van der Waals surface area contributed by atoms with Gasteiger partial charge in [-0.05, 0) is 56.1 Å². The molecule has 3 N–H and O–H groups in total. The summed E-state index contributed by atoms with van der Waals surface area (Å²) in [6.45, 7) is 3.56. The topological polar surface area (TPSA) is 72.9 Å². The molecule has 2 aromatic carbocycles. The highest BCUT2D eigenvalue weighted by Crippen LogP contribution is 2.22. The SMILES string of the molecule is Cc1ccc2c(c1)nc(NC(=O)c1ccccc1)n2CCCCCN. The fourth-order valence-electron chi connectivity index (χ4n) is 2.92. The van der Waals surface area contributed by atoms with Gasteiger partial charge in [0.2, 0.25) is 5.95 Å². The monoisotopic (exact) mass is 336 g/mol. The van der Waals surface area contributed by atoms with E-state index in [0.29, 0.717) is 18.1 Å². The zero-order valence-electron chi connectivity index (χ0n) is 14.5. The smallest absolute Gasteiger partial charge is 0.257 e. The van der Waals surface area contributed by atoms with Crippen LogP contribution in [0.5, 0.6) is 0 Å². The number of rotatable bonds is 7. The molecule has 1 heterocycles. The van der Waals surface area contributed by atoms with Gasteiger partial charge in [-0.1, -0.05) is 30.7 Å². The summed E-state index contributed by atoms with van der Waals surface area (Å²) in [7, 11) is 0. The average molecular weight is 336 g/mol. The maximum absolute atomic E-state index is 12.5. The summed E-state index contributed by atoms with van der Waals surface area (Å²) in [5.41, 5.74) is 9.31. The lowest BCUT2D eigenvalue weighted by Gasteiger charge is -2.10. The van der Waals surface area contributed by atoms with Crippen molar-refractivity contribution in [3.8, 4) is 0 Å². The van der Waals surface area contributed by atoms with Crippen LogP contribution in [-0.4, -0.2) is 22.0 Å². The van der Waals surface area contributed by atoms with Crippen LogP contribution in [0.4, 0.5) is 5.95 Å². The molecule has 0 saturated heterocycles. The van der Waals surface area contributed by atoms with Gasteiger partial charge >= 0.3 is 0 Å². The number of benzene rings is 2. The summed E-state index contributed by atoms with van der Waals surface area (Å²) in [6, 6.07) is 15.4. The van der Waals surface area contributed by atoms with Crippen LogP contribution in [0.25, 0.3) is 11.0 Å². The number of fused-ring (bicyclic) bond motifs is 1. The van der Waals surface area contributed by atoms with Crippen LogP contribution >= 0.6 is 0 Å². The molecule has 1 aromatic heterocycles. The molecule has 1 amide bonds. The maximum atomic E-state index is 12.5. The maximum Gasteiger partial charge on any atom is 0.257 e. The lowest BCUT2D eigenvalue weighted by Crippen LogP contribution is -2.16.